The Morgan fingerprint density at radius 1 is 1.21 bits per heavy atom. The molecule has 1 aromatic carbocycles. The molecule has 0 radical (unpaired) electrons. The topological polar surface area (TPSA) is 42.0 Å². The van der Waals surface area contributed by atoms with Crippen LogP contribution in [0.5, 0.6) is 0 Å². The number of nitrogens with zero attached hydrogens (tertiary/aromatic N) is 1. The second kappa shape index (κ2) is 9.39. The minimum absolute atomic E-state index is 0.00398. The van der Waals surface area contributed by atoms with E-state index in [1.807, 2.05) is 55.8 Å². The van der Waals surface area contributed by atoms with Crippen LogP contribution in [-0.2, 0) is 4.79 Å². The monoisotopic (exact) mass is 378 g/mol. The summed E-state index contributed by atoms with van der Waals surface area (Å²) in [6.07, 6.45) is 4.00. The van der Waals surface area contributed by atoms with Gasteiger partial charge in [-0.25, -0.2) is 4.98 Å². The highest BCUT2D eigenvalue weighted by atomic mass is 32.2. The lowest BCUT2D eigenvalue weighted by Crippen LogP contribution is -2.20. The number of anilines is 1. The third-order valence-corrected chi connectivity index (χ3v) is 6.01. The standard InChI is InChI=1S/C18H22N2OS3/c1-5-24-16(13-9-7-6-8-10-13)17(21)20-15-14(22-3)11-12(2)19-18(15)23-4/h6-11,16H,5H2,1-4H3,(H,20,21). The van der Waals surface area contributed by atoms with Crippen LogP contribution in [0, 0.1) is 6.92 Å². The first kappa shape index (κ1) is 19.2. The Balaban J connectivity index is 2.33. The smallest absolute Gasteiger partial charge is 0.242 e. The molecule has 1 unspecified atom stereocenters. The minimum Gasteiger partial charge on any atom is -0.322 e. The molecule has 0 aliphatic carbocycles. The van der Waals surface area contributed by atoms with Gasteiger partial charge in [-0.2, -0.15) is 0 Å². The van der Waals surface area contributed by atoms with Gasteiger partial charge in [0.1, 0.15) is 10.3 Å². The first-order valence-corrected chi connectivity index (χ1v) is 11.2. The zero-order valence-electron chi connectivity index (χ0n) is 14.3. The van der Waals surface area contributed by atoms with Crippen molar-refractivity contribution in [1.82, 2.24) is 4.98 Å². The van der Waals surface area contributed by atoms with E-state index >= 15 is 0 Å². The molecule has 128 valence electrons. The third kappa shape index (κ3) is 4.71. The summed E-state index contributed by atoms with van der Waals surface area (Å²) in [6.45, 7) is 4.05. The van der Waals surface area contributed by atoms with Gasteiger partial charge in [-0.3, -0.25) is 4.79 Å². The summed E-state index contributed by atoms with van der Waals surface area (Å²) in [7, 11) is 0. The third-order valence-electron chi connectivity index (χ3n) is 3.41. The summed E-state index contributed by atoms with van der Waals surface area (Å²) in [5, 5.41) is 3.77. The Labute approximate surface area is 156 Å². The van der Waals surface area contributed by atoms with Crippen LogP contribution >= 0.6 is 35.3 Å². The van der Waals surface area contributed by atoms with Crippen molar-refractivity contribution in [2.45, 2.75) is 29.0 Å². The van der Waals surface area contributed by atoms with Gasteiger partial charge >= 0.3 is 0 Å². The Morgan fingerprint density at radius 2 is 1.92 bits per heavy atom. The van der Waals surface area contributed by atoms with Gasteiger partial charge in [0.25, 0.3) is 0 Å². The average Bonchev–Trinajstić information content (AvgIpc) is 2.61. The molecule has 1 heterocycles. The molecule has 2 aromatic rings. The summed E-state index contributed by atoms with van der Waals surface area (Å²) < 4.78 is 0. The molecule has 0 spiro atoms. The van der Waals surface area contributed by atoms with Gasteiger partial charge in [-0.15, -0.1) is 35.3 Å². The van der Waals surface area contributed by atoms with Gasteiger partial charge in [0.15, 0.2) is 0 Å². The second-order valence-corrected chi connectivity index (χ2v) is 8.11. The number of carbonyl (C=O) groups excluding carboxylic acids is 1. The number of hydrogen-bond acceptors (Lipinski definition) is 5. The molecular formula is C18H22N2OS3. The summed E-state index contributed by atoms with van der Waals surface area (Å²) in [5.41, 5.74) is 2.81. The van der Waals surface area contributed by atoms with Gasteiger partial charge in [0.05, 0.1) is 5.69 Å². The van der Waals surface area contributed by atoms with E-state index in [0.29, 0.717) is 0 Å². The molecule has 24 heavy (non-hydrogen) atoms. The van der Waals surface area contributed by atoms with E-state index in [1.165, 1.54) is 0 Å². The molecule has 3 nitrogen and oxygen atoms in total. The Bertz CT molecular complexity index is 667. The number of thioether (sulfide) groups is 3. The number of aryl methyl sites for hydroxylation is 1. The molecular weight excluding hydrogens is 356 g/mol. The van der Waals surface area contributed by atoms with Crippen LogP contribution in [0.1, 0.15) is 23.4 Å². The SMILES string of the molecule is CCSC(C(=O)Nc1c(SC)cc(C)nc1SC)c1ccccc1. The van der Waals surface area contributed by atoms with Crippen LogP contribution < -0.4 is 5.32 Å². The van der Waals surface area contributed by atoms with Crippen LogP contribution in [0.25, 0.3) is 0 Å². The Morgan fingerprint density at radius 3 is 2.50 bits per heavy atom. The maximum Gasteiger partial charge on any atom is 0.242 e. The van der Waals surface area contributed by atoms with Gasteiger partial charge in [0.2, 0.25) is 5.91 Å². The maximum absolute atomic E-state index is 12.9. The van der Waals surface area contributed by atoms with Crippen molar-refractivity contribution in [2.75, 3.05) is 23.6 Å². The predicted molar refractivity (Wildman–Crippen MR) is 108 cm³/mol. The number of aromatic nitrogens is 1. The summed E-state index contributed by atoms with van der Waals surface area (Å²) in [6, 6.07) is 11.9. The number of carbonyl (C=O) groups is 1. The molecule has 0 bridgehead atoms. The van der Waals surface area contributed by atoms with Crippen molar-refractivity contribution in [3.63, 3.8) is 0 Å². The Kier molecular flexibility index (Phi) is 7.52. The van der Waals surface area contributed by atoms with Gasteiger partial charge in [0, 0.05) is 10.6 Å². The largest absolute Gasteiger partial charge is 0.322 e. The van der Waals surface area contributed by atoms with Crippen molar-refractivity contribution in [3.8, 4) is 0 Å². The predicted octanol–water partition coefficient (Wildman–Crippen LogP) is 5.27. The van der Waals surface area contributed by atoms with E-state index in [0.717, 1.165) is 32.6 Å². The van der Waals surface area contributed by atoms with E-state index < -0.39 is 0 Å². The fraction of sp³-hybridized carbons (Fsp3) is 0.333. The van der Waals surface area contributed by atoms with Crippen molar-refractivity contribution in [2.24, 2.45) is 0 Å². The first-order valence-electron chi connectivity index (χ1n) is 7.67. The molecule has 6 heteroatoms. The molecule has 2 rings (SSSR count). The average molecular weight is 379 g/mol. The molecule has 1 amide bonds. The minimum atomic E-state index is -0.220. The van der Waals surface area contributed by atoms with Crippen molar-refractivity contribution in [3.05, 3.63) is 47.7 Å². The lowest BCUT2D eigenvalue weighted by Gasteiger charge is -2.19. The molecule has 0 saturated carbocycles. The number of rotatable bonds is 7. The molecule has 0 aliphatic heterocycles. The number of hydrogen-bond donors (Lipinski definition) is 1. The van der Waals surface area contributed by atoms with Crippen LogP contribution in [0.2, 0.25) is 0 Å². The number of pyridine rings is 1. The number of nitrogens with one attached hydrogen (secondary N) is 1. The second-order valence-electron chi connectivity index (χ2n) is 5.09. The fourth-order valence-corrected chi connectivity index (χ4v) is 4.54. The van der Waals surface area contributed by atoms with Crippen LogP contribution in [0.3, 0.4) is 0 Å². The molecule has 1 N–H and O–H groups in total. The van der Waals surface area contributed by atoms with E-state index in [9.17, 15) is 4.79 Å². The summed E-state index contributed by atoms with van der Waals surface area (Å²) in [5.74, 6) is 0.883. The Hall–Kier alpha value is -1.11. The van der Waals surface area contributed by atoms with Crippen LogP contribution in [-0.4, -0.2) is 29.2 Å². The van der Waals surface area contributed by atoms with Crippen LogP contribution in [0.4, 0.5) is 5.69 Å². The quantitative estimate of drug-likeness (QED) is 0.665. The van der Waals surface area contributed by atoms with Crippen molar-refractivity contribution in [1.29, 1.82) is 0 Å². The van der Waals surface area contributed by atoms with E-state index in [1.54, 1.807) is 35.3 Å². The zero-order valence-corrected chi connectivity index (χ0v) is 16.8. The lowest BCUT2D eigenvalue weighted by atomic mass is 10.1. The number of benzene rings is 1. The molecule has 0 aliphatic rings. The zero-order chi connectivity index (χ0) is 17.5. The lowest BCUT2D eigenvalue weighted by molar-refractivity contribution is -0.115. The van der Waals surface area contributed by atoms with Crippen LogP contribution in [0.15, 0.2) is 46.3 Å². The van der Waals surface area contributed by atoms with E-state index in [2.05, 4.69) is 17.2 Å². The molecule has 1 aromatic heterocycles. The molecule has 0 fully saturated rings. The highest BCUT2D eigenvalue weighted by Gasteiger charge is 2.23. The van der Waals surface area contributed by atoms with E-state index in [-0.39, 0.29) is 11.2 Å². The summed E-state index contributed by atoms with van der Waals surface area (Å²) >= 11 is 4.82. The normalized spacial score (nSPS) is 12.0. The van der Waals surface area contributed by atoms with Gasteiger partial charge in [-0.1, -0.05) is 37.3 Å². The van der Waals surface area contributed by atoms with Gasteiger partial charge < -0.3 is 5.32 Å². The highest BCUT2D eigenvalue weighted by Crippen LogP contribution is 2.36. The van der Waals surface area contributed by atoms with E-state index in [4.69, 9.17) is 0 Å². The van der Waals surface area contributed by atoms with Gasteiger partial charge in [-0.05, 0) is 36.8 Å². The van der Waals surface area contributed by atoms with Crippen molar-refractivity contribution < 1.29 is 4.79 Å². The van der Waals surface area contributed by atoms with Crippen molar-refractivity contribution >= 4 is 46.9 Å². The first-order chi connectivity index (χ1) is 11.6. The fourth-order valence-electron chi connectivity index (χ4n) is 2.35. The molecule has 1 atom stereocenters. The molecule has 0 saturated heterocycles. The summed E-state index contributed by atoms with van der Waals surface area (Å²) in [4.78, 5) is 18.6. The maximum atomic E-state index is 12.9. The number of amides is 1. The highest BCUT2D eigenvalue weighted by molar-refractivity contribution is 8.00.